The fourth-order valence-electron chi connectivity index (χ4n) is 7.31. The number of benzene rings is 1. The summed E-state index contributed by atoms with van der Waals surface area (Å²) in [5.41, 5.74) is 1.00. The highest BCUT2D eigenvalue weighted by Crippen LogP contribution is 2.68. The number of halogens is 1. The van der Waals surface area contributed by atoms with Crippen LogP contribution in [0.1, 0.15) is 64.4 Å². The summed E-state index contributed by atoms with van der Waals surface area (Å²) in [5, 5.41) is 16.7. The summed E-state index contributed by atoms with van der Waals surface area (Å²) in [6.45, 7) is 4.33. The molecule has 3 heterocycles. The summed E-state index contributed by atoms with van der Waals surface area (Å²) < 4.78 is -0.687. The van der Waals surface area contributed by atoms with Crippen LogP contribution in [0.2, 0.25) is 0 Å². The Bertz CT molecular complexity index is 1040. The molecule has 38 heavy (non-hydrogen) atoms. The number of rotatable bonds is 9. The van der Waals surface area contributed by atoms with Crippen molar-refractivity contribution in [3.63, 3.8) is 0 Å². The Kier molecular flexibility index (Phi) is 8.46. The van der Waals surface area contributed by atoms with Gasteiger partial charge < -0.3 is 20.6 Å². The molecule has 3 amide bonds. The Labute approximate surface area is 238 Å². The predicted octanol–water partition coefficient (Wildman–Crippen LogP) is 3.62. The first-order valence-corrected chi connectivity index (χ1v) is 15.9. The molecule has 2 bridgehead atoms. The lowest BCUT2D eigenvalue weighted by molar-refractivity contribution is -0.143. The minimum atomic E-state index is -0.695. The van der Waals surface area contributed by atoms with Crippen molar-refractivity contribution >= 4 is 45.4 Å². The van der Waals surface area contributed by atoms with Gasteiger partial charge in [-0.25, -0.2) is 0 Å². The van der Waals surface area contributed by atoms with E-state index in [2.05, 4.69) is 40.4 Å². The monoisotopic (exact) mass is 605 g/mol. The number of likely N-dealkylation sites (tertiary alicyclic amines) is 1. The normalized spacial score (nSPS) is 33.4. The Balaban J connectivity index is 1.46. The van der Waals surface area contributed by atoms with Crippen LogP contribution in [0, 0.1) is 17.8 Å². The molecular weight excluding hydrogens is 566 g/mol. The maximum atomic E-state index is 14.3. The minimum absolute atomic E-state index is 0.0339. The van der Waals surface area contributed by atoms with E-state index in [0.29, 0.717) is 19.4 Å². The Morgan fingerprint density at radius 3 is 2.53 bits per heavy atom. The number of aliphatic hydroxyl groups is 1. The third kappa shape index (κ3) is 5.03. The van der Waals surface area contributed by atoms with Crippen LogP contribution in [0.3, 0.4) is 0 Å². The Morgan fingerprint density at radius 2 is 1.87 bits per heavy atom. The van der Waals surface area contributed by atoms with E-state index in [9.17, 15) is 19.5 Å². The zero-order valence-electron chi connectivity index (χ0n) is 22.3. The molecule has 7 nitrogen and oxygen atoms in total. The van der Waals surface area contributed by atoms with Crippen LogP contribution in [0.25, 0.3) is 0 Å². The molecule has 3 N–H and O–H groups in total. The molecule has 0 aromatic heterocycles. The number of hydrogen-bond acceptors (Lipinski definition) is 5. The summed E-state index contributed by atoms with van der Waals surface area (Å²) in [5.74, 6) is -1.25. The number of aliphatic hydroxyl groups excluding tert-OH is 1. The van der Waals surface area contributed by atoms with Crippen molar-refractivity contribution in [2.75, 3.05) is 6.61 Å². The average Bonchev–Trinajstić information content (AvgIpc) is 3.50. The first kappa shape index (κ1) is 28.0. The number of carbonyl (C=O) groups excluding carboxylic acids is 3. The second-order valence-electron chi connectivity index (χ2n) is 11.9. The molecular formula is C29H40BrN3O4S. The molecule has 1 aliphatic carbocycles. The van der Waals surface area contributed by atoms with E-state index >= 15 is 0 Å². The minimum Gasteiger partial charge on any atom is -0.394 e. The van der Waals surface area contributed by atoms with E-state index < -0.39 is 28.7 Å². The van der Waals surface area contributed by atoms with Gasteiger partial charge in [-0.15, -0.1) is 11.8 Å². The number of amides is 3. The second kappa shape index (κ2) is 11.5. The summed E-state index contributed by atoms with van der Waals surface area (Å²) in [7, 11) is 0. The summed E-state index contributed by atoms with van der Waals surface area (Å²) in [4.78, 5) is 43.8. The molecule has 0 radical (unpaired) electrons. The lowest BCUT2D eigenvalue weighted by Gasteiger charge is -2.39. The van der Waals surface area contributed by atoms with Crippen LogP contribution in [-0.2, 0) is 20.9 Å². The third-order valence-electron chi connectivity index (χ3n) is 8.89. The van der Waals surface area contributed by atoms with E-state index in [4.69, 9.17) is 0 Å². The zero-order valence-corrected chi connectivity index (χ0v) is 24.7. The van der Waals surface area contributed by atoms with Gasteiger partial charge in [0.2, 0.25) is 17.7 Å². The topological polar surface area (TPSA) is 98.7 Å². The average molecular weight is 607 g/mol. The number of nitrogens with one attached hydrogen (secondary N) is 2. The Morgan fingerprint density at radius 1 is 1.16 bits per heavy atom. The van der Waals surface area contributed by atoms with Crippen molar-refractivity contribution < 1.29 is 19.5 Å². The van der Waals surface area contributed by atoms with Gasteiger partial charge >= 0.3 is 0 Å². The smallest absolute Gasteiger partial charge is 0.244 e. The lowest BCUT2D eigenvalue weighted by atomic mass is 9.70. The van der Waals surface area contributed by atoms with Crippen molar-refractivity contribution in [2.45, 2.75) is 98.3 Å². The van der Waals surface area contributed by atoms with E-state index in [1.54, 1.807) is 16.7 Å². The molecule has 7 atom stereocenters. The maximum Gasteiger partial charge on any atom is 0.244 e. The first-order chi connectivity index (χ1) is 18.3. The molecule has 3 saturated heterocycles. The quantitative estimate of drug-likeness (QED) is 0.373. The van der Waals surface area contributed by atoms with Crippen molar-refractivity contribution in [1.29, 1.82) is 0 Å². The third-order valence-corrected chi connectivity index (χ3v) is 12.1. The lowest BCUT2D eigenvalue weighted by Crippen LogP contribution is -2.58. The molecule has 1 saturated carbocycles. The highest BCUT2D eigenvalue weighted by atomic mass is 79.9. The van der Waals surface area contributed by atoms with Gasteiger partial charge in [-0.3, -0.25) is 14.4 Å². The van der Waals surface area contributed by atoms with Gasteiger partial charge in [0, 0.05) is 22.7 Å². The van der Waals surface area contributed by atoms with Crippen molar-refractivity contribution in [3.8, 4) is 0 Å². The largest absolute Gasteiger partial charge is 0.394 e. The van der Waals surface area contributed by atoms with Gasteiger partial charge in [0.25, 0.3) is 0 Å². The van der Waals surface area contributed by atoms with Gasteiger partial charge in [-0.05, 0) is 37.2 Å². The molecule has 9 heteroatoms. The van der Waals surface area contributed by atoms with Crippen molar-refractivity contribution in [2.24, 2.45) is 17.8 Å². The zero-order chi connectivity index (χ0) is 27.0. The number of nitrogens with zero attached hydrogens (tertiary/aromatic N) is 1. The van der Waals surface area contributed by atoms with Crippen LogP contribution in [0.15, 0.2) is 30.3 Å². The van der Waals surface area contributed by atoms with Crippen LogP contribution < -0.4 is 10.6 Å². The molecule has 5 rings (SSSR count). The molecule has 1 aromatic carbocycles. The van der Waals surface area contributed by atoms with Crippen molar-refractivity contribution in [1.82, 2.24) is 15.5 Å². The molecule has 1 aromatic rings. The standard InChI is InChI=1S/C29H40BrN3O4S/c1-17(2)13-20(16-34)33-25(27(36)32-19-11-7-4-8-12-19)29-14-21(30)24(38-29)22(23(29)28(33)37)26(35)31-15-18-9-5-3-6-10-18/h3,5-6,9-10,17,19-25,34H,4,7-8,11-16H2,1-2H3,(H,31,35)(H,32,36)/t20-,21?,22-,23+,24-,25?,29?/m1/s1. The van der Waals surface area contributed by atoms with Gasteiger partial charge in [0.05, 0.1) is 29.2 Å². The summed E-state index contributed by atoms with van der Waals surface area (Å²) in [6.07, 6.45) is 6.57. The molecule has 208 valence electrons. The second-order valence-corrected chi connectivity index (χ2v) is 14.6. The van der Waals surface area contributed by atoms with Crippen LogP contribution in [0.4, 0.5) is 0 Å². The van der Waals surface area contributed by atoms with Crippen LogP contribution >= 0.6 is 27.7 Å². The predicted molar refractivity (Wildman–Crippen MR) is 153 cm³/mol. The Hall–Kier alpha value is -1.58. The molecule has 3 unspecified atom stereocenters. The van der Waals surface area contributed by atoms with E-state index in [1.165, 1.54) is 6.42 Å². The fraction of sp³-hybridized carbons (Fsp3) is 0.690. The number of carbonyl (C=O) groups is 3. The fourth-order valence-corrected chi connectivity index (χ4v) is 10.9. The van der Waals surface area contributed by atoms with Crippen LogP contribution in [0.5, 0.6) is 0 Å². The number of thioether (sulfide) groups is 1. The highest BCUT2D eigenvalue weighted by Gasteiger charge is 2.76. The van der Waals surface area contributed by atoms with Crippen molar-refractivity contribution in [3.05, 3.63) is 35.9 Å². The maximum absolute atomic E-state index is 14.3. The molecule has 3 aliphatic heterocycles. The van der Waals surface area contributed by atoms with E-state index in [0.717, 1.165) is 31.2 Å². The summed E-state index contributed by atoms with van der Waals surface area (Å²) in [6, 6.07) is 8.73. The number of hydrogen-bond donors (Lipinski definition) is 3. The van der Waals surface area contributed by atoms with Gasteiger partial charge in [-0.2, -0.15) is 0 Å². The molecule has 1 spiro atoms. The first-order valence-electron chi connectivity index (χ1n) is 14.1. The summed E-state index contributed by atoms with van der Waals surface area (Å²) >= 11 is 5.48. The SMILES string of the molecule is CC(C)C[C@H](CO)N1C(=O)[C@@H]2[C@@H](C(=O)NCc3ccccc3)[C@@H]3SC2(CC3Br)C1C(=O)NC1CCCCC1. The number of alkyl halides is 1. The van der Waals surface area contributed by atoms with Gasteiger partial charge in [0.1, 0.15) is 6.04 Å². The molecule has 4 aliphatic rings. The van der Waals surface area contributed by atoms with Gasteiger partial charge in [-0.1, -0.05) is 79.4 Å². The van der Waals surface area contributed by atoms with E-state index in [-0.39, 0.29) is 46.4 Å². The van der Waals surface area contributed by atoms with Gasteiger partial charge in [0.15, 0.2) is 0 Å². The van der Waals surface area contributed by atoms with Crippen LogP contribution in [-0.4, -0.2) is 67.3 Å². The number of fused-ring (bicyclic) bond motifs is 1. The molecule has 4 fully saturated rings. The highest BCUT2D eigenvalue weighted by molar-refractivity contribution is 9.09. The van der Waals surface area contributed by atoms with E-state index in [1.807, 2.05) is 30.3 Å².